The summed E-state index contributed by atoms with van der Waals surface area (Å²) in [5.74, 6) is 0. The van der Waals surface area contributed by atoms with Crippen LogP contribution in [-0.2, 0) is 0 Å². The highest BCUT2D eigenvalue weighted by molar-refractivity contribution is 6.29. The lowest BCUT2D eigenvalue weighted by Crippen LogP contribution is -1.95. The molecule has 210 valence electrons. The summed E-state index contributed by atoms with van der Waals surface area (Å²) in [7, 11) is 0. The van der Waals surface area contributed by atoms with Crippen LogP contribution in [0.3, 0.4) is 0 Å². The normalized spacial score (nSPS) is 16.0. The first kappa shape index (κ1) is 15.1. The van der Waals surface area contributed by atoms with Crippen molar-refractivity contribution in [1.82, 2.24) is 9.13 Å². The molecule has 0 fully saturated rings. The van der Waals surface area contributed by atoms with Crippen LogP contribution in [0, 0.1) is 0 Å². The van der Waals surface area contributed by atoms with E-state index in [0.29, 0.717) is 22.4 Å². The Hall–Kier alpha value is -6.06. The number of aromatic nitrogens is 2. The van der Waals surface area contributed by atoms with Crippen LogP contribution >= 0.6 is 0 Å². The van der Waals surface area contributed by atoms with Crippen molar-refractivity contribution in [2.24, 2.45) is 0 Å². The molecule has 0 spiro atoms. The average molecular weight is 588 g/mol. The zero-order valence-corrected chi connectivity index (χ0v) is 23.3. The summed E-state index contributed by atoms with van der Waals surface area (Å²) in [4.78, 5) is 0. The predicted octanol–water partition coefficient (Wildman–Crippen LogP) is 11.4. The van der Waals surface area contributed by atoms with Gasteiger partial charge in [-0.25, -0.2) is 0 Å². The molecule has 3 nitrogen and oxygen atoms in total. The second-order valence-corrected chi connectivity index (χ2v) is 10.8. The number of fused-ring (bicyclic) bond motifs is 10. The second-order valence-electron chi connectivity index (χ2n) is 10.8. The van der Waals surface area contributed by atoms with E-state index in [4.69, 9.17) is 14.0 Å². The summed E-state index contributed by atoms with van der Waals surface area (Å²) in [6.45, 7) is 0. The lowest BCUT2D eigenvalue weighted by atomic mass is 10.1. The van der Waals surface area contributed by atoms with Crippen molar-refractivity contribution in [1.29, 1.82) is 0 Å². The maximum atomic E-state index is 9.65. The lowest BCUT2D eigenvalue weighted by molar-refractivity contribution is 0.668. The largest absolute Gasteiger partial charge is 0.456 e. The molecule has 3 aromatic heterocycles. The highest BCUT2D eigenvalue weighted by Crippen LogP contribution is 2.43. The number of hydrogen-bond donors (Lipinski definition) is 0. The molecule has 0 radical (unpaired) electrons. The third-order valence-corrected chi connectivity index (χ3v) is 8.36. The first-order valence-electron chi connectivity index (χ1n) is 20.8. The Bertz CT molecular complexity index is 3490. The van der Waals surface area contributed by atoms with Crippen molar-refractivity contribution in [3.63, 3.8) is 0 Å². The first-order chi connectivity index (χ1) is 27.7. The highest BCUT2D eigenvalue weighted by Gasteiger charge is 2.21. The van der Waals surface area contributed by atoms with Gasteiger partial charge < -0.3 is 13.6 Å². The summed E-state index contributed by atoms with van der Waals surface area (Å²) in [6, 6.07) is 16.9. The fourth-order valence-electron chi connectivity index (χ4n) is 6.43. The van der Waals surface area contributed by atoms with E-state index in [0.717, 1.165) is 10.8 Å². The minimum absolute atomic E-state index is 0.00871. The van der Waals surface area contributed by atoms with E-state index in [1.807, 2.05) is 30.3 Å². The van der Waals surface area contributed by atoms with E-state index in [1.165, 1.54) is 27.3 Å². The molecule has 7 aromatic carbocycles. The lowest BCUT2D eigenvalue weighted by Gasteiger charge is -2.10. The van der Waals surface area contributed by atoms with Crippen LogP contribution in [0.15, 0.2) is 162 Å². The monoisotopic (exact) mass is 587 g/mol. The number of hydrogen-bond acceptors (Lipinski definition) is 1. The third-order valence-electron chi connectivity index (χ3n) is 8.36. The Balaban J connectivity index is 1.43. The molecule has 0 aliphatic heterocycles. The van der Waals surface area contributed by atoms with Gasteiger partial charge in [-0.15, -0.1) is 0 Å². The number of furan rings is 1. The van der Waals surface area contributed by atoms with Gasteiger partial charge in [-0.2, -0.15) is 0 Å². The average Bonchev–Trinajstić information content (AvgIpc) is 3.88. The Morgan fingerprint density at radius 2 is 1.07 bits per heavy atom. The van der Waals surface area contributed by atoms with Crippen LogP contribution in [0.1, 0.15) is 17.8 Å². The maximum Gasteiger partial charge on any atom is 0.137 e. The van der Waals surface area contributed by atoms with Gasteiger partial charge in [0.15, 0.2) is 0 Å². The van der Waals surface area contributed by atoms with Crippen LogP contribution in [0.25, 0.3) is 88.1 Å². The van der Waals surface area contributed by atoms with Crippen molar-refractivity contribution in [3.05, 3.63) is 157 Å². The molecule has 0 aliphatic rings. The fraction of sp³-hybridized carbons (Fsp3) is 0. The van der Waals surface area contributed by atoms with Crippen molar-refractivity contribution in [2.75, 3.05) is 0 Å². The molecule has 10 rings (SSSR count). The summed E-state index contributed by atoms with van der Waals surface area (Å²) in [5, 5.41) is 1.66. The number of nitrogens with zero attached hydrogens (tertiary/aromatic N) is 2. The SMILES string of the molecule is [2H]c1cccc(-c2c([2H])cc(-n3c4c([2H])c([2H])c([2H])c([2H])c4c4c5c6c([2H])c([2H])c([2H])c([2H])c6n(-c6ccc7c(c6)oc6ccccc67)c5c([2H])c([2H])c43)cc2[2H])c1. The third kappa shape index (κ3) is 3.46. The van der Waals surface area contributed by atoms with Crippen molar-refractivity contribution >= 4 is 65.6 Å². The van der Waals surface area contributed by atoms with Gasteiger partial charge in [-0.05, 0) is 65.6 Å². The Labute approximate surface area is 277 Å². The molecule has 0 amide bonds. The van der Waals surface area contributed by atoms with Gasteiger partial charge in [0, 0.05) is 49.8 Å². The van der Waals surface area contributed by atoms with Gasteiger partial charge >= 0.3 is 0 Å². The standard InChI is InChI=1S/C42H26N2O/c1-2-10-27(11-3-1)28-18-20-29(21-19-28)43-35-15-7-4-13-33(35)41-37(43)24-25-38-42(41)34-14-5-8-16-36(34)44(38)30-22-23-32-31-12-6-9-17-39(31)45-40(32)26-30/h1-26H/i2D,4D,5D,7D,8D,13D,14D,15D,16D,18D,19D,24D,25D. The summed E-state index contributed by atoms with van der Waals surface area (Å²) >= 11 is 0. The second kappa shape index (κ2) is 9.22. The zero-order valence-electron chi connectivity index (χ0n) is 36.3. The highest BCUT2D eigenvalue weighted by atomic mass is 16.3. The quantitative estimate of drug-likeness (QED) is 0.202. The molecule has 0 saturated carbocycles. The van der Waals surface area contributed by atoms with E-state index in [9.17, 15) is 8.22 Å². The molecule has 0 saturated heterocycles. The minimum atomic E-state index is -0.583. The van der Waals surface area contributed by atoms with Gasteiger partial charge in [-0.3, -0.25) is 0 Å². The molecule has 0 bridgehead atoms. The Morgan fingerprint density at radius 1 is 0.422 bits per heavy atom. The van der Waals surface area contributed by atoms with Gasteiger partial charge in [-0.1, -0.05) is 96.8 Å². The molecule has 3 heterocycles. The predicted molar refractivity (Wildman–Crippen MR) is 188 cm³/mol. The van der Waals surface area contributed by atoms with Gasteiger partial charge in [0.05, 0.1) is 39.9 Å². The number of benzene rings is 7. The maximum absolute atomic E-state index is 9.65. The van der Waals surface area contributed by atoms with Crippen molar-refractivity contribution in [2.45, 2.75) is 0 Å². The molecule has 0 atom stereocenters. The molecule has 0 unspecified atom stereocenters. The smallest absolute Gasteiger partial charge is 0.137 e. The van der Waals surface area contributed by atoms with Crippen LogP contribution in [0.5, 0.6) is 0 Å². The van der Waals surface area contributed by atoms with Crippen molar-refractivity contribution < 1.29 is 22.2 Å². The molecule has 10 aromatic rings. The van der Waals surface area contributed by atoms with E-state index in [2.05, 4.69) is 0 Å². The van der Waals surface area contributed by atoms with Crippen LogP contribution in [-0.4, -0.2) is 9.13 Å². The van der Waals surface area contributed by atoms with E-state index >= 15 is 0 Å². The fourth-order valence-corrected chi connectivity index (χ4v) is 6.43. The topological polar surface area (TPSA) is 23.0 Å². The molecular weight excluding hydrogens is 548 g/mol. The summed E-state index contributed by atoms with van der Waals surface area (Å²) in [5.41, 5.74) is 2.04. The number of para-hydroxylation sites is 3. The van der Waals surface area contributed by atoms with Gasteiger partial charge in [0.25, 0.3) is 0 Å². The van der Waals surface area contributed by atoms with Crippen LogP contribution in [0.4, 0.5) is 0 Å². The van der Waals surface area contributed by atoms with E-state index < -0.39 is 60.4 Å². The molecule has 3 heteroatoms. The first-order valence-corrected chi connectivity index (χ1v) is 14.3. The Morgan fingerprint density at radius 3 is 1.80 bits per heavy atom. The van der Waals surface area contributed by atoms with Gasteiger partial charge in [0.2, 0.25) is 0 Å². The van der Waals surface area contributed by atoms with Gasteiger partial charge in [0.1, 0.15) is 11.2 Å². The van der Waals surface area contributed by atoms with Crippen molar-refractivity contribution in [3.8, 4) is 22.5 Å². The molecular formula is C42H26N2O. The van der Waals surface area contributed by atoms with Crippen LogP contribution < -0.4 is 0 Å². The molecule has 0 N–H and O–H groups in total. The van der Waals surface area contributed by atoms with E-state index in [-0.39, 0.29) is 73.0 Å². The van der Waals surface area contributed by atoms with Crippen LogP contribution in [0.2, 0.25) is 0 Å². The van der Waals surface area contributed by atoms with E-state index in [1.54, 1.807) is 30.3 Å². The summed E-state index contributed by atoms with van der Waals surface area (Å²) in [6.07, 6.45) is 0. The molecule has 0 aliphatic carbocycles. The number of rotatable bonds is 3. The Kier molecular flexibility index (Phi) is 3.09. The zero-order chi connectivity index (χ0) is 40.8. The minimum Gasteiger partial charge on any atom is -0.456 e. The molecule has 45 heavy (non-hydrogen) atoms. The summed E-state index contributed by atoms with van der Waals surface area (Å²) < 4.78 is 126.